The van der Waals surface area contributed by atoms with Gasteiger partial charge >= 0.3 is 0 Å². The SMILES string of the molecule is CCc1cccnc1C(N)c1ccccc1C1CCC1. The molecular formula is C18H22N2. The van der Waals surface area contributed by atoms with Crippen molar-refractivity contribution in [2.45, 2.75) is 44.6 Å². The number of aromatic nitrogens is 1. The Kier molecular flexibility index (Phi) is 3.83. The van der Waals surface area contributed by atoms with Gasteiger partial charge in [-0.1, -0.05) is 43.7 Å². The highest BCUT2D eigenvalue weighted by Crippen LogP contribution is 2.40. The molecule has 2 N–H and O–H groups in total. The molecule has 1 unspecified atom stereocenters. The smallest absolute Gasteiger partial charge is 0.0731 e. The topological polar surface area (TPSA) is 38.9 Å². The van der Waals surface area contributed by atoms with Crippen LogP contribution in [0.5, 0.6) is 0 Å². The fourth-order valence-corrected chi connectivity index (χ4v) is 3.06. The number of benzene rings is 1. The Morgan fingerprint density at radius 2 is 2.00 bits per heavy atom. The van der Waals surface area contributed by atoms with E-state index < -0.39 is 0 Å². The molecular weight excluding hydrogens is 244 g/mol. The molecule has 1 atom stereocenters. The van der Waals surface area contributed by atoms with Crippen LogP contribution in [-0.4, -0.2) is 4.98 Å². The molecule has 2 heteroatoms. The number of aryl methyl sites for hydroxylation is 1. The van der Waals surface area contributed by atoms with Crippen molar-refractivity contribution in [2.75, 3.05) is 0 Å². The quantitative estimate of drug-likeness (QED) is 0.909. The summed E-state index contributed by atoms with van der Waals surface area (Å²) < 4.78 is 0. The van der Waals surface area contributed by atoms with Gasteiger partial charge in [0.1, 0.15) is 0 Å². The minimum atomic E-state index is -0.108. The van der Waals surface area contributed by atoms with Crippen LogP contribution >= 0.6 is 0 Å². The molecule has 1 heterocycles. The molecule has 0 bridgehead atoms. The average molecular weight is 266 g/mol. The van der Waals surface area contributed by atoms with Gasteiger partial charge in [-0.2, -0.15) is 0 Å². The zero-order valence-electron chi connectivity index (χ0n) is 12.0. The van der Waals surface area contributed by atoms with Crippen LogP contribution in [0.15, 0.2) is 42.6 Å². The monoisotopic (exact) mass is 266 g/mol. The minimum absolute atomic E-state index is 0.108. The van der Waals surface area contributed by atoms with Crippen molar-refractivity contribution < 1.29 is 0 Å². The summed E-state index contributed by atoms with van der Waals surface area (Å²) in [6.07, 6.45) is 6.76. The van der Waals surface area contributed by atoms with Gasteiger partial charge in [-0.05, 0) is 47.9 Å². The Labute approximate surface area is 121 Å². The van der Waals surface area contributed by atoms with Gasteiger partial charge < -0.3 is 5.73 Å². The van der Waals surface area contributed by atoms with Gasteiger partial charge in [0.05, 0.1) is 11.7 Å². The Morgan fingerprint density at radius 1 is 1.20 bits per heavy atom. The molecule has 104 valence electrons. The molecule has 0 saturated heterocycles. The zero-order chi connectivity index (χ0) is 13.9. The Balaban J connectivity index is 1.99. The summed E-state index contributed by atoms with van der Waals surface area (Å²) in [7, 11) is 0. The molecule has 0 amide bonds. The van der Waals surface area contributed by atoms with Crippen LogP contribution in [0.25, 0.3) is 0 Å². The molecule has 20 heavy (non-hydrogen) atoms. The fraction of sp³-hybridized carbons (Fsp3) is 0.389. The van der Waals surface area contributed by atoms with E-state index in [4.69, 9.17) is 5.73 Å². The summed E-state index contributed by atoms with van der Waals surface area (Å²) in [5.74, 6) is 0.700. The number of pyridine rings is 1. The third-order valence-corrected chi connectivity index (χ3v) is 4.48. The molecule has 0 aliphatic heterocycles. The summed E-state index contributed by atoms with van der Waals surface area (Å²) in [6, 6.07) is 12.7. The lowest BCUT2D eigenvalue weighted by atomic mass is 9.77. The van der Waals surface area contributed by atoms with Gasteiger partial charge in [-0.25, -0.2) is 0 Å². The van der Waals surface area contributed by atoms with Crippen molar-refractivity contribution in [1.29, 1.82) is 0 Å². The second-order valence-corrected chi connectivity index (χ2v) is 5.64. The van der Waals surface area contributed by atoms with Crippen molar-refractivity contribution in [1.82, 2.24) is 4.98 Å². The molecule has 2 aromatic rings. The summed E-state index contributed by atoms with van der Waals surface area (Å²) in [4.78, 5) is 4.55. The third kappa shape index (κ3) is 2.36. The lowest BCUT2D eigenvalue weighted by Crippen LogP contribution is -2.20. The third-order valence-electron chi connectivity index (χ3n) is 4.48. The fourth-order valence-electron chi connectivity index (χ4n) is 3.06. The second-order valence-electron chi connectivity index (χ2n) is 5.64. The van der Waals surface area contributed by atoms with E-state index in [1.807, 2.05) is 12.3 Å². The molecule has 1 aromatic heterocycles. The average Bonchev–Trinajstić information content (AvgIpc) is 2.45. The van der Waals surface area contributed by atoms with Gasteiger partial charge in [0, 0.05) is 6.20 Å². The van der Waals surface area contributed by atoms with E-state index in [1.165, 1.54) is 36.0 Å². The highest BCUT2D eigenvalue weighted by atomic mass is 14.8. The second kappa shape index (κ2) is 5.76. The predicted octanol–water partition coefficient (Wildman–Crippen LogP) is 3.96. The van der Waals surface area contributed by atoms with Gasteiger partial charge in [0.15, 0.2) is 0 Å². The van der Waals surface area contributed by atoms with E-state index in [-0.39, 0.29) is 6.04 Å². The summed E-state index contributed by atoms with van der Waals surface area (Å²) in [6.45, 7) is 2.16. The lowest BCUT2D eigenvalue weighted by Gasteiger charge is -2.29. The van der Waals surface area contributed by atoms with Gasteiger partial charge in [-0.3, -0.25) is 4.98 Å². The Bertz CT molecular complexity index is 587. The first-order chi connectivity index (χ1) is 9.81. The van der Waals surface area contributed by atoms with Gasteiger partial charge in [0.2, 0.25) is 0 Å². The van der Waals surface area contributed by atoms with Crippen LogP contribution in [0.2, 0.25) is 0 Å². The van der Waals surface area contributed by atoms with Crippen LogP contribution < -0.4 is 5.73 Å². The Morgan fingerprint density at radius 3 is 2.70 bits per heavy atom. The number of nitrogens with zero attached hydrogens (tertiary/aromatic N) is 1. The molecule has 1 fully saturated rings. The first-order valence-electron chi connectivity index (χ1n) is 7.59. The van der Waals surface area contributed by atoms with Crippen molar-refractivity contribution in [3.8, 4) is 0 Å². The van der Waals surface area contributed by atoms with E-state index in [9.17, 15) is 0 Å². The van der Waals surface area contributed by atoms with Crippen LogP contribution in [-0.2, 0) is 6.42 Å². The predicted molar refractivity (Wildman–Crippen MR) is 82.7 cm³/mol. The van der Waals surface area contributed by atoms with E-state index >= 15 is 0 Å². The van der Waals surface area contributed by atoms with E-state index in [2.05, 4.69) is 42.2 Å². The summed E-state index contributed by atoms with van der Waals surface area (Å²) in [5, 5.41) is 0. The van der Waals surface area contributed by atoms with Crippen molar-refractivity contribution in [2.24, 2.45) is 5.73 Å². The van der Waals surface area contributed by atoms with E-state index in [1.54, 1.807) is 0 Å². The number of nitrogens with two attached hydrogens (primary N) is 1. The molecule has 1 saturated carbocycles. The van der Waals surface area contributed by atoms with Crippen LogP contribution in [0.4, 0.5) is 0 Å². The lowest BCUT2D eigenvalue weighted by molar-refractivity contribution is 0.416. The van der Waals surface area contributed by atoms with Crippen LogP contribution in [0.3, 0.4) is 0 Å². The molecule has 0 radical (unpaired) electrons. The minimum Gasteiger partial charge on any atom is -0.319 e. The maximum atomic E-state index is 6.55. The number of rotatable bonds is 4. The summed E-state index contributed by atoms with van der Waals surface area (Å²) in [5.41, 5.74) is 11.5. The standard InChI is InChI=1S/C18H22N2/c1-2-13-9-6-12-20-18(13)17(19)16-11-4-3-10-15(16)14-7-5-8-14/h3-4,6,9-12,14,17H,2,5,7-8,19H2,1H3. The highest BCUT2D eigenvalue weighted by molar-refractivity contribution is 5.40. The first kappa shape index (κ1) is 13.3. The largest absolute Gasteiger partial charge is 0.319 e. The number of hydrogen-bond donors (Lipinski definition) is 1. The zero-order valence-corrected chi connectivity index (χ0v) is 12.0. The first-order valence-corrected chi connectivity index (χ1v) is 7.59. The molecule has 1 aliphatic carbocycles. The van der Waals surface area contributed by atoms with Crippen molar-refractivity contribution in [3.63, 3.8) is 0 Å². The highest BCUT2D eigenvalue weighted by Gasteiger charge is 2.25. The van der Waals surface area contributed by atoms with Crippen LogP contribution in [0.1, 0.15) is 60.5 Å². The maximum Gasteiger partial charge on any atom is 0.0731 e. The molecule has 1 aromatic carbocycles. The normalized spacial score (nSPS) is 16.7. The van der Waals surface area contributed by atoms with Crippen LogP contribution in [0, 0.1) is 0 Å². The van der Waals surface area contributed by atoms with Crippen molar-refractivity contribution >= 4 is 0 Å². The molecule has 3 rings (SSSR count). The molecule has 1 aliphatic rings. The van der Waals surface area contributed by atoms with E-state index in [0.717, 1.165) is 12.1 Å². The van der Waals surface area contributed by atoms with Gasteiger partial charge in [0.25, 0.3) is 0 Å². The van der Waals surface area contributed by atoms with Crippen molar-refractivity contribution in [3.05, 3.63) is 65.0 Å². The summed E-state index contributed by atoms with van der Waals surface area (Å²) >= 11 is 0. The maximum absolute atomic E-state index is 6.55. The molecule has 0 spiro atoms. The number of hydrogen-bond acceptors (Lipinski definition) is 2. The molecule has 2 nitrogen and oxygen atoms in total. The Hall–Kier alpha value is -1.67. The van der Waals surface area contributed by atoms with E-state index in [0.29, 0.717) is 5.92 Å². The van der Waals surface area contributed by atoms with Gasteiger partial charge in [-0.15, -0.1) is 0 Å².